The van der Waals surface area contributed by atoms with Crippen molar-refractivity contribution < 1.29 is 9.53 Å². The molecule has 0 aliphatic rings. The van der Waals surface area contributed by atoms with Crippen molar-refractivity contribution in [1.82, 2.24) is 10.6 Å². The minimum absolute atomic E-state index is 0.0131. The highest BCUT2D eigenvalue weighted by Gasteiger charge is 2.13. The van der Waals surface area contributed by atoms with Gasteiger partial charge in [0.2, 0.25) is 0 Å². The van der Waals surface area contributed by atoms with Gasteiger partial charge in [-0.05, 0) is 44.6 Å². The molecule has 0 spiro atoms. The van der Waals surface area contributed by atoms with E-state index >= 15 is 0 Å². The second-order valence-electron chi connectivity index (χ2n) is 4.37. The molecule has 1 aromatic carbocycles. The second kappa shape index (κ2) is 7.74. The third-order valence-electron chi connectivity index (χ3n) is 2.26. The van der Waals surface area contributed by atoms with E-state index in [2.05, 4.69) is 10.6 Å². The lowest BCUT2D eigenvalue weighted by Gasteiger charge is -2.14. The van der Waals surface area contributed by atoms with Crippen molar-refractivity contribution in [2.75, 3.05) is 6.54 Å². The molecule has 4 nitrogen and oxygen atoms in total. The Morgan fingerprint density at radius 2 is 2.05 bits per heavy atom. The Hall–Kier alpha value is -1.62. The summed E-state index contributed by atoms with van der Waals surface area (Å²) in [5.41, 5.74) is 0.483. The maximum Gasteiger partial charge on any atom is 0.261 e. The molecule has 0 aromatic heterocycles. The average molecular weight is 280 g/mol. The summed E-state index contributed by atoms with van der Waals surface area (Å²) in [6, 6.07) is 7.12. The molecule has 104 valence electrons. The van der Waals surface area contributed by atoms with Crippen molar-refractivity contribution in [2.45, 2.75) is 33.3 Å². The fraction of sp³-hybridized carbons (Fsp3) is 0.429. The van der Waals surface area contributed by atoms with Gasteiger partial charge >= 0.3 is 0 Å². The number of para-hydroxylation sites is 1. The second-order valence-corrected chi connectivity index (χ2v) is 4.78. The monoisotopic (exact) mass is 280 g/mol. The van der Waals surface area contributed by atoms with Crippen molar-refractivity contribution in [3.05, 3.63) is 29.8 Å². The molecule has 0 saturated carbocycles. The van der Waals surface area contributed by atoms with Crippen LogP contribution in [0.1, 0.15) is 37.6 Å². The van der Waals surface area contributed by atoms with Crippen molar-refractivity contribution in [1.29, 1.82) is 0 Å². The summed E-state index contributed by atoms with van der Waals surface area (Å²) in [5, 5.41) is 5.94. The Balaban J connectivity index is 2.73. The van der Waals surface area contributed by atoms with Gasteiger partial charge in [0, 0.05) is 6.54 Å². The van der Waals surface area contributed by atoms with Gasteiger partial charge in [-0.2, -0.15) is 0 Å². The average Bonchev–Trinajstić information content (AvgIpc) is 2.36. The molecule has 0 aliphatic carbocycles. The van der Waals surface area contributed by atoms with Crippen LogP contribution in [0.25, 0.3) is 0 Å². The molecular formula is C14H20N2O2S. The number of carbonyl (C=O) groups excluding carboxylic acids is 1. The molecule has 2 N–H and O–H groups in total. The number of benzene rings is 1. The van der Waals surface area contributed by atoms with E-state index in [-0.39, 0.29) is 12.0 Å². The van der Waals surface area contributed by atoms with Crippen molar-refractivity contribution in [3.8, 4) is 5.75 Å². The summed E-state index contributed by atoms with van der Waals surface area (Å²) in [5.74, 6) is 0.304. The number of hydrogen-bond donors (Lipinski definition) is 2. The number of ether oxygens (including phenoxy) is 1. The Bertz CT molecular complexity index is 447. The van der Waals surface area contributed by atoms with Crippen LogP contribution in [0.3, 0.4) is 0 Å². The molecule has 19 heavy (non-hydrogen) atoms. The summed E-state index contributed by atoms with van der Waals surface area (Å²) in [6.07, 6.45) is 0.961. The molecule has 1 rings (SSSR count). The van der Waals surface area contributed by atoms with Crippen molar-refractivity contribution >= 4 is 23.2 Å². The highest BCUT2D eigenvalue weighted by atomic mass is 32.1. The Morgan fingerprint density at radius 3 is 2.68 bits per heavy atom. The first kappa shape index (κ1) is 15.4. The summed E-state index contributed by atoms with van der Waals surface area (Å²) < 4.78 is 5.60. The van der Waals surface area contributed by atoms with Crippen LogP contribution in [0.2, 0.25) is 0 Å². The minimum Gasteiger partial charge on any atom is -0.490 e. The van der Waals surface area contributed by atoms with E-state index in [0.29, 0.717) is 16.4 Å². The normalized spacial score (nSPS) is 10.1. The first-order valence-corrected chi connectivity index (χ1v) is 6.80. The summed E-state index contributed by atoms with van der Waals surface area (Å²) >= 11 is 5.04. The molecule has 0 heterocycles. The smallest absolute Gasteiger partial charge is 0.261 e. The molecule has 0 aliphatic heterocycles. The van der Waals surface area contributed by atoms with Crippen molar-refractivity contribution in [3.63, 3.8) is 0 Å². The van der Waals surface area contributed by atoms with Gasteiger partial charge in [-0.15, -0.1) is 0 Å². The molecule has 1 amide bonds. The summed E-state index contributed by atoms with van der Waals surface area (Å²) in [7, 11) is 0. The highest BCUT2D eigenvalue weighted by molar-refractivity contribution is 7.80. The zero-order valence-corrected chi connectivity index (χ0v) is 12.3. The van der Waals surface area contributed by atoms with E-state index in [0.717, 1.165) is 13.0 Å². The van der Waals surface area contributed by atoms with Gasteiger partial charge < -0.3 is 10.1 Å². The summed E-state index contributed by atoms with van der Waals surface area (Å²) in [4.78, 5) is 12.1. The molecule has 1 aromatic rings. The first-order valence-electron chi connectivity index (χ1n) is 6.39. The van der Waals surface area contributed by atoms with E-state index in [1.165, 1.54) is 0 Å². The fourth-order valence-electron chi connectivity index (χ4n) is 1.46. The van der Waals surface area contributed by atoms with Gasteiger partial charge in [-0.25, -0.2) is 0 Å². The first-order chi connectivity index (χ1) is 9.04. The van der Waals surface area contributed by atoms with E-state index in [1.54, 1.807) is 18.2 Å². The number of hydrogen-bond acceptors (Lipinski definition) is 3. The molecule has 0 atom stereocenters. The highest BCUT2D eigenvalue weighted by Crippen LogP contribution is 2.19. The van der Waals surface area contributed by atoms with Crippen molar-refractivity contribution in [2.24, 2.45) is 0 Å². The molecule has 0 radical (unpaired) electrons. The minimum atomic E-state index is -0.259. The zero-order chi connectivity index (χ0) is 14.3. The van der Waals surface area contributed by atoms with Crippen LogP contribution in [0.15, 0.2) is 24.3 Å². The Morgan fingerprint density at radius 1 is 1.37 bits per heavy atom. The van der Waals surface area contributed by atoms with E-state index in [9.17, 15) is 4.79 Å². The van der Waals surface area contributed by atoms with Crippen LogP contribution < -0.4 is 15.4 Å². The van der Waals surface area contributed by atoms with Gasteiger partial charge in [0.1, 0.15) is 5.75 Å². The quantitative estimate of drug-likeness (QED) is 0.814. The van der Waals surface area contributed by atoms with Gasteiger partial charge in [0.25, 0.3) is 5.91 Å². The number of amides is 1. The summed E-state index contributed by atoms with van der Waals surface area (Å²) in [6.45, 7) is 6.61. The predicted octanol–water partition coefficient (Wildman–Crippen LogP) is 2.49. The Kier molecular flexibility index (Phi) is 6.29. The lowest BCUT2D eigenvalue weighted by molar-refractivity contribution is 0.0971. The molecule has 5 heteroatoms. The molecule has 0 unspecified atom stereocenters. The number of nitrogens with one attached hydrogen (secondary N) is 2. The standard InChI is InChI=1S/C14H20N2O2S/c1-4-9-15-14(19)16-13(17)11-7-5-6-8-12(11)18-10(2)3/h5-8,10H,4,9H2,1-3H3,(H2,15,16,17,19). The lowest BCUT2D eigenvalue weighted by Crippen LogP contribution is -2.39. The molecule has 0 fully saturated rings. The SMILES string of the molecule is CCCNC(=S)NC(=O)c1ccccc1OC(C)C. The maximum absolute atomic E-state index is 12.1. The van der Waals surface area contributed by atoms with Crippen LogP contribution in [0.4, 0.5) is 0 Å². The largest absolute Gasteiger partial charge is 0.490 e. The third kappa shape index (κ3) is 5.26. The fourth-order valence-corrected chi connectivity index (χ4v) is 1.66. The van der Waals surface area contributed by atoms with Gasteiger partial charge in [-0.1, -0.05) is 19.1 Å². The van der Waals surface area contributed by atoms with E-state index in [4.69, 9.17) is 17.0 Å². The van der Waals surface area contributed by atoms with Gasteiger partial charge in [0.15, 0.2) is 5.11 Å². The van der Waals surface area contributed by atoms with Crippen LogP contribution in [0, 0.1) is 0 Å². The number of carbonyl (C=O) groups is 1. The number of thiocarbonyl (C=S) groups is 1. The van der Waals surface area contributed by atoms with E-state index < -0.39 is 0 Å². The predicted molar refractivity (Wildman–Crippen MR) is 80.6 cm³/mol. The number of rotatable bonds is 5. The van der Waals surface area contributed by atoms with E-state index in [1.807, 2.05) is 26.8 Å². The Labute approximate surface area is 119 Å². The zero-order valence-electron chi connectivity index (χ0n) is 11.5. The van der Waals surface area contributed by atoms with Crippen LogP contribution >= 0.6 is 12.2 Å². The third-order valence-corrected chi connectivity index (χ3v) is 2.50. The van der Waals surface area contributed by atoms with Gasteiger partial charge in [-0.3, -0.25) is 10.1 Å². The van der Waals surface area contributed by atoms with Crippen LogP contribution in [0.5, 0.6) is 5.75 Å². The lowest BCUT2D eigenvalue weighted by atomic mass is 10.2. The molecule has 0 bridgehead atoms. The topological polar surface area (TPSA) is 50.4 Å². The molecule has 0 saturated heterocycles. The van der Waals surface area contributed by atoms with Gasteiger partial charge in [0.05, 0.1) is 11.7 Å². The van der Waals surface area contributed by atoms with Crippen LogP contribution in [-0.4, -0.2) is 23.7 Å². The maximum atomic E-state index is 12.1. The van der Waals surface area contributed by atoms with Crippen LogP contribution in [-0.2, 0) is 0 Å². The molecular weight excluding hydrogens is 260 g/mol.